The fraction of sp³-hybridized carbons (Fsp3) is 0.562. The number of carbonyl (C=O) groups is 1. The van der Waals surface area contributed by atoms with E-state index in [-0.39, 0.29) is 11.8 Å². The van der Waals surface area contributed by atoms with Crippen molar-refractivity contribution in [1.29, 1.82) is 0 Å². The molecule has 1 saturated heterocycles. The Morgan fingerprint density at radius 2 is 2.11 bits per heavy atom. The molecule has 2 atom stereocenters. The standard InChI is InChI=1S/C16H23NO2/c1-13(14-7-4-3-5-8-14)17-10-6-9-16(2,12-17)11-15(18)19/h3-5,7-8,13H,6,9-12H2,1-2H3,(H,18,19). The van der Waals surface area contributed by atoms with Crippen LogP contribution in [0.25, 0.3) is 0 Å². The Kier molecular flexibility index (Phi) is 4.25. The molecular formula is C16H23NO2. The van der Waals surface area contributed by atoms with Gasteiger partial charge in [0.1, 0.15) is 0 Å². The maximum absolute atomic E-state index is 11.0. The summed E-state index contributed by atoms with van der Waals surface area (Å²) >= 11 is 0. The Balaban J connectivity index is 2.07. The van der Waals surface area contributed by atoms with Crippen molar-refractivity contribution in [3.63, 3.8) is 0 Å². The molecule has 1 fully saturated rings. The van der Waals surface area contributed by atoms with E-state index in [0.717, 1.165) is 25.9 Å². The van der Waals surface area contributed by atoms with E-state index in [1.54, 1.807) is 0 Å². The van der Waals surface area contributed by atoms with Gasteiger partial charge in [0.15, 0.2) is 0 Å². The Labute approximate surface area is 115 Å². The summed E-state index contributed by atoms with van der Waals surface area (Å²) in [6.07, 6.45) is 2.36. The van der Waals surface area contributed by atoms with Crippen LogP contribution in [0.5, 0.6) is 0 Å². The Hall–Kier alpha value is -1.35. The Morgan fingerprint density at radius 3 is 2.74 bits per heavy atom. The van der Waals surface area contributed by atoms with Crippen molar-refractivity contribution in [2.75, 3.05) is 13.1 Å². The number of piperidine rings is 1. The normalized spacial score (nSPS) is 26.0. The number of nitrogens with zero attached hydrogens (tertiary/aromatic N) is 1. The molecule has 0 spiro atoms. The van der Waals surface area contributed by atoms with E-state index >= 15 is 0 Å². The number of carboxylic acids is 1. The van der Waals surface area contributed by atoms with Gasteiger partial charge >= 0.3 is 5.97 Å². The van der Waals surface area contributed by atoms with Gasteiger partial charge in [0.25, 0.3) is 0 Å². The minimum Gasteiger partial charge on any atom is -0.481 e. The lowest BCUT2D eigenvalue weighted by atomic mass is 9.78. The number of hydrogen-bond donors (Lipinski definition) is 1. The van der Waals surface area contributed by atoms with E-state index in [4.69, 9.17) is 5.11 Å². The molecule has 1 aromatic carbocycles. The number of benzene rings is 1. The predicted octanol–water partition coefficient (Wildman–Crippen LogP) is 3.32. The zero-order valence-electron chi connectivity index (χ0n) is 11.8. The quantitative estimate of drug-likeness (QED) is 0.903. The van der Waals surface area contributed by atoms with Gasteiger partial charge in [0, 0.05) is 12.6 Å². The summed E-state index contributed by atoms with van der Waals surface area (Å²) in [5.74, 6) is -0.684. The van der Waals surface area contributed by atoms with Gasteiger partial charge < -0.3 is 5.11 Å². The van der Waals surface area contributed by atoms with E-state index in [2.05, 4.69) is 43.0 Å². The summed E-state index contributed by atoms with van der Waals surface area (Å²) in [6.45, 7) is 6.24. The lowest BCUT2D eigenvalue weighted by Gasteiger charge is -2.42. The average Bonchev–Trinajstić information content (AvgIpc) is 2.37. The molecule has 1 N–H and O–H groups in total. The van der Waals surface area contributed by atoms with Crippen LogP contribution in [0.1, 0.15) is 44.7 Å². The highest BCUT2D eigenvalue weighted by Gasteiger charge is 2.34. The third-order valence-electron chi connectivity index (χ3n) is 4.22. The molecule has 2 rings (SSSR count). The van der Waals surface area contributed by atoms with Crippen LogP contribution in [0, 0.1) is 5.41 Å². The van der Waals surface area contributed by atoms with Crippen LogP contribution in [0.4, 0.5) is 0 Å². The second-order valence-electron chi connectivity index (χ2n) is 6.04. The molecule has 3 nitrogen and oxygen atoms in total. The highest BCUT2D eigenvalue weighted by Crippen LogP contribution is 2.36. The molecule has 2 unspecified atom stereocenters. The van der Waals surface area contributed by atoms with Crippen molar-refractivity contribution < 1.29 is 9.90 Å². The van der Waals surface area contributed by atoms with Gasteiger partial charge in [-0.25, -0.2) is 0 Å². The number of aliphatic carboxylic acids is 1. The maximum Gasteiger partial charge on any atom is 0.303 e. The highest BCUT2D eigenvalue weighted by molar-refractivity contribution is 5.67. The van der Waals surface area contributed by atoms with Crippen molar-refractivity contribution >= 4 is 5.97 Å². The first-order chi connectivity index (χ1) is 9.00. The summed E-state index contributed by atoms with van der Waals surface area (Å²) in [5, 5.41) is 9.05. The van der Waals surface area contributed by atoms with Gasteiger partial charge in [-0.2, -0.15) is 0 Å². The van der Waals surface area contributed by atoms with Gasteiger partial charge in [-0.3, -0.25) is 9.69 Å². The van der Waals surface area contributed by atoms with Crippen LogP contribution in [-0.4, -0.2) is 29.1 Å². The zero-order chi connectivity index (χ0) is 13.9. The van der Waals surface area contributed by atoms with Gasteiger partial charge in [0.05, 0.1) is 6.42 Å². The number of rotatable bonds is 4. The first kappa shape index (κ1) is 14.1. The molecule has 0 amide bonds. The fourth-order valence-corrected chi connectivity index (χ4v) is 3.14. The lowest BCUT2D eigenvalue weighted by molar-refractivity contribution is -0.140. The average molecular weight is 261 g/mol. The maximum atomic E-state index is 11.0. The molecule has 19 heavy (non-hydrogen) atoms. The minimum atomic E-state index is -0.684. The molecular weight excluding hydrogens is 238 g/mol. The second-order valence-corrected chi connectivity index (χ2v) is 6.04. The first-order valence-electron chi connectivity index (χ1n) is 7.01. The highest BCUT2D eigenvalue weighted by atomic mass is 16.4. The Bertz CT molecular complexity index is 432. The molecule has 0 aromatic heterocycles. The monoisotopic (exact) mass is 261 g/mol. The van der Waals surface area contributed by atoms with Crippen LogP contribution >= 0.6 is 0 Å². The van der Waals surface area contributed by atoms with E-state index in [9.17, 15) is 4.79 Å². The molecule has 1 aromatic rings. The van der Waals surface area contributed by atoms with Crippen LogP contribution in [0.3, 0.4) is 0 Å². The SMILES string of the molecule is CC(c1ccccc1)N1CCCC(C)(CC(=O)O)C1. The van der Waals surface area contributed by atoms with Gasteiger partial charge in [-0.1, -0.05) is 37.3 Å². The van der Waals surface area contributed by atoms with Crippen LogP contribution in [-0.2, 0) is 4.79 Å². The predicted molar refractivity (Wildman–Crippen MR) is 76.0 cm³/mol. The molecule has 0 bridgehead atoms. The number of hydrogen-bond acceptors (Lipinski definition) is 2. The van der Waals surface area contributed by atoms with Crippen molar-refractivity contribution in [3.05, 3.63) is 35.9 Å². The van der Waals surface area contributed by atoms with Gasteiger partial charge in [0.2, 0.25) is 0 Å². The molecule has 1 aliphatic rings. The summed E-state index contributed by atoms with van der Waals surface area (Å²) in [6, 6.07) is 10.8. The molecule has 0 aliphatic carbocycles. The van der Waals surface area contributed by atoms with Crippen molar-refractivity contribution in [2.24, 2.45) is 5.41 Å². The Morgan fingerprint density at radius 1 is 1.42 bits per heavy atom. The van der Waals surface area contributed by atoms with E-state index in [0.29, 0.717) is 6.04 Å². The largest absolute Gasteiger partial charge is 0.481 e. The first-order valence-corrected chi connectivity index (χ1v) is 7.01. The molecule has 1 aliphatic heterocycles. The van der Waals surface area contributed by atoms with Crippen LogP contribution < -0.4 is 0 Å². The van der Waals surface area contributed by atoms with Crippen LogP contribution in [0.2, 0.25) is 0 Å². The van der Waals surface area contributed by atoms with E-state index in [1.807, 2.05) is 6.07 Å². The fourth-order valence-electron chi connectivity index (χ4n) is 3.14. The summed E-state index contributed by atoms with van der Waals surface area (Å²) < 4.78 is 0. The van der Waals surface area contributed by atoms with Crippen LogP contribution in [0.15, 0.2) is 30.3 Å². The molecule has 1 heterocycles. The molecule has 0 saturated carbocycles. The minimum absolute atomic E-state index is 0.0902. The lowest BCUT2D eigenvalue weighted by Crippen LogP contribution is -2.43. The number of carboxylic acid groups (broad SMARTS) is 1. The third kappa shape index (κ3) is 3.57. The summed E-state index contributed by atoms with van der Waals surface area (Å²) in [4.78, 5) is 13.4. The second kappa shape index (κ2) is 5.74. The number of likely N-dealkylation sites (tertiary alicyclic amines) is 1. The van der Waals surface area contributed by atoms with Crippen molar-refractivity contribution in [3.8, 4) is 0 Å². The van der Waals surface area contributed by atoms with E-state index < -0.39 is 5.97 Å². The zero-order valence-corrected chi connectivity index (χ0v) is 11.8. The summed E-state index contributed by atoms with van der Waals surface area (Å²) in [7, 11) is 0. The molecule has 104 valence electrons. The van der Waals surface area contributed by atoms with Crippen molar-refractivity contribution in [1.82, 2.24) is 4.90 Å². The van der Waals surface area contributed by atoms with Crippen molar-refractivity contribution in [2.45, 2.75) is 39.2 Å². The summed E-state index contributed by atoms with van der Waals surface area (Å²) in [5.41, 5.74) is 1.22. The smallest absolute Gasteiger partial charge is 0.303 e. The third-order valence-corrected chi connectivity index (χ3v) is 4.22. The molecule has 0 radical (unpaired) electrons. The van der Waals surface area contributed by atoms with E-state index in [1.165, 1.54) is 5.56 Å². The van der Waals surface area contributed by atoms with Gasteiger partial charge in [-0.05, 0) is 37.3 Å². The molecule has 3 heteroatoms. The van der Waals surface area contributed by atoms with Gasteiger partial charge in [-0.15, -0.1) is 0 Å². The topological polar surface area (TPSA) is 40.5 Å².